The highest BCUT2D eigenvalue weighted by atomic mass is 32.1. The van der Waals surface area contributed by atoms with Crippen molar-refractivity contribution in [1.29, 1.82) is 0 Å². The maximum Gasteiger partial charge on any atom is 0.258 e. The van der Waals surface area contributed by atoms with Gasteiger partial charge >= 0.3 is 0 Å². The molecule has 28 heavy (non-hydrogen) atoms. The fraction of sp³-hybridized carbons (Fsp3) is 0.300. The molecule has 1 N–H and O–H groups in total. The first kappa shape index (κ1) is 17.1. The number of rotatable bonds is 4. The van der Waals surface area contributed by atoms with Crippen LogP contribution < -0.4 is 10.1 Å². The Kier molecular flexibility index (Phi) is 3.83. The van der Waals surface area contributed by atoms with E-state index in [1.165, 1.54) is 11.3 Å². The number of aromatic nitrogens is 4. The molecule has 0 atom stereocenters. The molecule has 3 aromatic heterocycles. The molecule has 0 aliphatic heterocycles. The number of methoxy groups -OCH3 is 1. The molecule has 1 amide bonds. The number of pyridine rings is 1. The number of hydrogen-bond donors (Lipinski definition) is 1. The number of nitrogens with zero attached hydrogens (tertiary/aromatic N) is 4. The van der Waals surface area contributed by atoms with Crippen LogP contribution in [-0.4, -0.2) is 32.8 Å². The van der Waals surface area contributed by atoms with Crippen molar-refractivity contribution in [2.24, 2.45) is 7.05 Å². The first-order valence-electron chi connectivity index (χ1n) is 9.14. The zero-order chi connectivity index (χ0) is 19.4. The third kappa shape index (κ3) is 2.72. The van der Waals surface area contributed by atoms with Crippen molar-refractivity contribution in [3.05, 3.63) is 41.2 Å². The van der Waals surface area contributed by atoms with Crippen LogP contribution >= 0.6 is 11.3 Å². The summed E-state index contributed by atoms with van der Waals surface area (Å²) in [5.41, 5.74) is 3.86. The van der Waals surface area contributed by atoms with E-state index in [2.05, 4.69) is 15.4 Å². The highest BCUT2D eigenvalue weighted by Crippen LogP contribution is 2.40. The number of thiazole rings is 1. The number of aryl methyl sites for hydroxylation is 2. The molecular formula is C20H19N5O2S. The monoisotopic (exact) mass is 393 g/mol. The summed E-state index contributed by atoms with van der Waals surface area (Å²) in [4.78, 5) is 22.5. The van der Waals surface area contributed by atoms with Crippen molar-refractivity contribution in [3.8, 4) is 5.75 Å². The van der Waals surface area contributed by atoms with Crippen molar-refractivity contribution in [3.63, 3.8) is 0 Å². The van der Waals surface area contributed by atoms with E-state index in [0.29, 0.717) is 22.4 Å². The van der Waals surface area contributed by atoms with Crippen molar-refractivity contribution >= 4 is 43.6 Å². The Balaban J connectivity index is 1.57. The van der Waals surface area contributed by atoms with Gasteiger partial charge < -0.3 is 4.74 Å². The Bertz CT molecular complexity index is 1240. The lowest BCUT2D eigenvalue weighted by Gasteiger charge is -2.07. The fourth-order valence-electron chi connectivity index (χ4n) is 3.54. The highest BCUT2D eigenvalue weighted by Gasteiger charge is 2.28. The van der Waals surface area contributed by atoms with E-state index in [1.807, 2.05) is 38.2 Å². The van der Waals surface area contributed by atoms with Gasteiger partial charge in [0, 0.05) is 18.7 Å². The molecule has 1 aliphatic carbocycles. The number of carbonyl (C=O) groups is 1. The van der Waals surface area contributed by atoms with Gasteiger partial charge in [-0.05, 0) is 38.0 Å². The number of ether oxygens (including phenoxy) is 1. The second kappa shape index (κ2) is 6.27. The molecule has 4 aromatic rings. The summed E-state index contributed by atoms with van der Waals surface area (Å²) in [6.45, 7) is 1.90. The van der Waals surface area contributed by atoms with Gasteiger partial charge in [0.2, 0.25) is 0 Å². The molecule has 0 bridgehead atoms. The molecule has 0 spiro atoms. The number of benzene rings is 1. The van der Waals surface area contributed by atoms with Crippen LogP contribution in [0.2, 0.25) is 0 Å². The third-order valence-electron chi connectivity index (χ3n) is 5.05. The normalized spacial score (nSPS) is 14.0. The van der Waals surface area contributed by atoms with Gasteiger partial charge in [-0.25, -0.2) is 9.97 Å². The predicted molar refractivity (Wildman–Crippen MR) is 109 cm³/mol. The molecular weight excluding hydrogens is 374 g/mol. The summed E-state index contributed by atoms with van der Waals surface area (Å²) in [5, 5.41) is 8.77. The second-order valence-corrected chi connectivity index (χ2v) is 8.09. The smallest absolute Gasteiger partial charge is 0.258 e. The van der Waals surface area contributed by atoms with Gasteiger partial charge in [-0.2, -0.15) is 5.10 Å². The van der Waals surface area contributed by atoms with Crippen LogP contribution in [0.5, 0.6) is 5.75 Å². The molecule has 3 heterocycles. The number of fused-ring (bicyclic) bond motifs is 2. The van der Waals surface area contributed by atoms with Crippen molar-refractivity contribution in [2.45, 2.75) is 25.7 Å². The van der Waals surface area contributed by atoms with Crippen LogP contribution in [0, 0.1) is 6.92 Å². The van der Waals surface area contributed by atoms with E-state index in [-0.39, 0.29) is 5.91 Å². The number of anilines is 1. The van der Waals surface area contributed by atoms with Crippen LogP contribution in [0.4, 0.5) is 5.13 Å². The standard InChI is InChI=1S/C20H19N5O2S/c1-10-16-12(9-13(11-7-8-11)21-18(16)25(2)24-10)19(26)23-20-22-17-14(27-3)5-4-6-15(17)28-20/h4-6,9,11H,7-8H2,1-3H3,(H,22,23,26). The number of nitrogens with one attached hydrogen (secondary N) is 1. The molecule has 7 nitrogen and oxygen atoms in total. The molecule has 1 fully saturated rings. The summed E-state index contributed by atoms with van der Waals surface area (Å²) in [6.07, 6.45) is 2.24. The lowest BCUT2D eigenvalue weighted by molar-refractivity contribution is 0.102. The van der Waals surface area contributed by atoms with Crippen LogP contribution in [0.1, 0.15) is 40.5 Å². The Labute approximate surface area is 165 Å². The fourth-order valence-corrected chi connectivity index (χ4v) is 4.42. The molecule has 8 heteroatoms. The molecule has 1 saturated carbocycles. The first-order chi connectivity index (χ1) is 13.5. The summed E-state index contributed by atoms with van der Waals surface area (Å²) in [6, 6.07) is 7.66. The van der Waals surface area contributed by atoms with Crippen molar-refractivity contribution in [2.75, 3.05) is 12.4 Å². The topological polar surface area (TPSA) is 81.9 Å². The first-order valence-corrected chi connectivity index (χ1v) is 9.96. The zero-order valence-electron chi connectivity index (χ0n) is 15.8. The van der Waals surface area contributed by atoms with Crippen LogP contribution in [0.3, 0.4) is 0 Å². The van der Waals surface area contributed by atoms with Gasteiger partial charge in [0.1, 0.15) is 11.3 Å². The highest BCUT2D eigenvalue weighted by molar-refractivity contribution is 7.22. The molecule has 5 rings (SSSR count). The largest absolute Gasteiger partial charge is 0.494 e. The van der Waals surface area contributed by atoms with Gasteiger partial charge in [-0.1, -0.05) is 17.4 Å². The Morgan fingerprint density at radius 2 is 2.14 bits per heavy atom. The minimum absolute atomic E-state index is 0.191. The molecule has 1 aromatic carbocycles. The van der Waals surface area contributed by atoms with Crippen molar-refractivity contribution < 1.29 is 9.53 Å². The number of carbonyl (C=O) groups excluding carboxylic acids is 1. The van der Waals surface area contributed by atoms with E-state index in [4.69, 9.17) is 9.72 Å². The third-order valence-corrected chi connectivity index (χ3v) is 5.99. The van der Waals surface area contributed by atoms with Gasteiger partial charge in [0.25, 0.3) is 5.91 Å². The Hall–Kier alpha value is -3.00. The zero-order valence-corrected chi connectivity index (χ0v) is 16.6. The lowest BCUT2D eigenvalue weighted by atomic mass is 10.1. The minimum atomic E-state index is -0.191. The van der Waals surface area contributed by atoms with Crippen LogP contribution in [0.25, 0.3) is 21.3 Å². The maximum atomic E-state index is 13.2. The molecule has 0 radical (unpaired) electrons. The summed E-state index contributed by atoms with van der Waals surface area (Å²) in [5.74, 6) is 0.945. The van der Waals surface area contributed by atoms with E-state index in [1.54, 1.807) is 11.8 Å². The minimum Gasteiger partial charge on any atom is -0.494 e. The molecule has 0 unspecified atom stereocenters. The number of para-hydroxylation sites is 1. The van der Waals surface area contributed by atoms with Crippen LogP contribution in [0.15, 0.2) is 24.3 Å². The quantitative estimate of drug-likeness (QED) is 0.566. The Morgan fingerprint density at radius 3 is 2.89 bits per heavy atom. The second-order valence-electron chi connectivity index (χ2n) is 7.06. The molecule has 0 saturated heterocycles. The van der Waals surface area contributed by atoms with Gasteiger partial charge in [0.15, 0.2) is 10.8 Å². The van der Waals surface area contributed by atoms with Crippen molar-refractivity contribution in [1.82, 2.24) is 19.7 Å². The summed E-state index contributed by atoms with van der Waals surface area (Å²) < 4.78 is 8.08. The average molecular weight is 393 g/mol. The Morgan fingerprint density at radius 1 is 1.32 bits per heavy atom. The van der Waals surface area contributed by atoms with Gasteiger partial charge in [-0.15, -0.1) is 0 Å². The van der Waals surface area contributed by atoms with Crippen LogP contribution in [-0.2, 0) is 7.05 Å². The predicted octanol–water partition coefficient (Wildman–Crippen LogP) is 4.02. The van der Waals surface area contributed by atoms with E-state index < -0.39 is 0 Å². The van der Waals surface area contributed by atoms with E-state index in [0.717, 1.165) is 45.5 Å². The van der Waals surface area contributed by atoms with Gasteiger partial charge in [-0.3, -0.25) is 14.8 Å². The lowest BCUT2D eigenvalue weighted by Crippen LogP contribution is -2.13. The number of amides is 1. The average Bonchev–Trinajstić information content (AvgIpc) is 3.39. The summed E-state index contributed by atoms with van der Waals surface area (Å²) >= 11 is 1.43. The maximum absolute atomic E-state index is 13.2. The molecule has 142 valence electrons. The van der Waals surface area contributed by atoms with Gasteiger partial charge in [0.05, 0.1) is 28.5 Å². The molecule has 1 aliphatic rings. The van der Waals surface area contributed by atoms with E-state index >= 15 is 0 Å². The van der Waals surface area contributed by atoms with E-state index in [9.17, 15) is 4.79 Å². The number of hydrogen-bond acceptors (Lipinski definition) is 6. The summed E-state index contributed by atoms with van der Waals surface area (Å²) in [7, 11) is 3.48. The SMILES string of the molecule is COc1cccc2sc(NC(=O)c3cc(C4CC4)nc4c3c(C)nn4C)nc12.